The van der Waals surface area contributed by atoms with Gasteiger partial charge in [0.1, 0.15) is 17.3 Å². The van der Waals surface area contributed by atoms with Gasteiger partial charge in [0.2, 0.25) is 0 Å². The van der Waals surface area contributed by atoms with Crippen molar-refractivity contribution in [2.24, 2.45) is 0 Å². The summed E-state index contributed by atoms with van der Waals surface area (Å²) in [5.74, 6) is 0.847. The molecule has 0 unspecified atom stereocenters. The van der Waals surface area contributed by atoms with Crippen LogP contribution in [-0.2, 0) is 14.9 Å². The molecule has 0 aliphatic rings. The van der Waals surface area contributed by atoms with Crippen LogP contribution in [0.25, 0.3) is 11.1 Å². The van der Waals surface area contributed by atoms with Gasteiger partial charge in [-0.25, -0.2) is 0 Å². The minimum absolute atomic E-state index is 0.0597. The molecule has 0 spiro atoms. The number of para-hydroxylation sites is 1. The van der Waals surface area contributed by atoms with E-state index in [4.69, 9.17) is 13.7 Å². The predicted molar refractivity (Wildman–Crippen MR) is 104 cm³/mol. The topological polar surface area (TPSA) is 61.8 Å². The maximum absolute atomic E-state index is 12.7. The fourth-order valence-corrected chi connectivity index (χ4v) is 3.45. The zero-order valence-corrected chi connectivity index (χ0v) is 15.7. The SMILES string of the molecule is COCCOc1ccc(S(=O)(=O)Oc2ccccc2-c2ccccc2)cc1. The molecule has 27 heavy (non-hydrogen) atoms. The van der Waals surface area contributed by atoms with Crippen LogP contribution >= 0.6 is 0 Å². The minimum atomic E-state index is -3.97. The Kier molecular flexibility index (Phi) is 6.11. The molecule has 0 atom stereocenters. The van der Waals surface area contributed by atoms with Gasteiger partial charge in [-0.1, -0.05) is 48.5 Å². The summed E-state index contributed by atoms with van der Waals surface area (Å²) in [5, 5.41) is 0. The van der Waals surface area contributed by atoms with Gasteiger partial charge < -0.3 is 13.7 Å². The summed E-state index contributed by atoms with van der Waals surface area (Å²) in [5.41, 5.74) is 1.59. The molecule has 0 aromatic heterocycles. The first-order valence-corrected chi connectivity index (χ1v) is 9.82. The lowest BCUT2D eigenvalue weighted by Crippen LogP contribution is -2.10. The molecule has 3 rings (SSSR count). The Morgan fingerprint density at radius 3 is 2.15 bits per heavy atom. The highest BCUT2D eigenvalue weighted by molar-refractivity contribution is 7.87. The summed E-state index contributed by atoms with van der Waals surface area (Å²) in [4.78, 5) is 0.0597. The Morgan fingerprint density at radius 2 is 1.44 bits per heavy atom. The van der Waals surface area contributed by atoms with Gasteiger partial charge in [0.15, 0.2) is 5.75 Å². The van der Waals surface area contributed by atoms with Crippen LogP contribution in [0.15, 0.2) is 83.8 Å². The molecule has 3 aromatic rings. The van der Waals surface area contributed by atoms with Crippen LogP contribution in [0.4, 0.5) is 0 Å². The second kappa shape index (κ2) is 8.70. The van der Waals surface area contributed by atoms with Crippen LogP contribution in [0.5, 0.6) is 11.5 Å². The van der Waals surface area contributed by atoms with E-state index in [-0.39, 0.29) is 10.6 Å². The number of hydrogen-bond donors (Lipinski definition) is 0. The molecule has 0 amide bonds. The fourth-order valence-electron chi connectivity index (χ4n) is 2.51. The predicted octanol–water partition coefficient (Wildman–Crippen LogP) is 4.15. The molecule has 3 aromatic carbocycles. The maximum Gasteiger partial charge on any atom is 0.339 e. The fraction of sp³-hybridized carbons (Fsp3) is 0.143. The lowest BCUT2D eigenvalue weighted by Gasteiger charge is -2.12. The number of hydrogen-bond acceptors (Lipinski definition) is 5. The summed E-state index contributed by atoms with van der Waals surface area (Å²) in [6.45, 7) is 0.850. The molecule has 0 aliphatic carbocycles. The third kappa shape index (κ3) is 4.87. The van der Waals surface area contributed by atoms with Crippen LogP contribution in [-0.4, -0.2) is 28.7 Å². The van der Waals surface area contributed by atoms with Crippen LogP contribution in [0.2, 0.25) is 0 Å². The first-order valence-electron chi connectivity index (χ1n) is 8.41. The van der Waals surface area contributed by atoms with Crippen molar-refractivity contribution in [3.63, 3.8) is 0 Å². The molecule has 0 saturated heterocycles. The van der Waals surface area contributed by atoms with Gasteiger partial charge in [-0.2, -0.15) is 8.42 Å². The van der Waals surface area contributed by atoms with Gasteiger partial charge in [0.05, 0.1) is 6.61 Å². The zero-order valence-electron chi connectivity index (χ0n) is 14.9. The van der Waals surface area contributed by atoms with Gasteiger partial charge >= 0.3 is 10.1 Å². The molecule has 0 radical (unpaired) electrons. The maximum atomic E-state index is 12.7. The first kappa shape index (κ1) is 18.9. The van der Waals surface area contributed by atoms with Gasteiger partial charge in [0.25, 0.3) is 0 Å². The van der Waals surface area contributed by atoms with E-state index in [0.717, 1.165) is 5.56 Å². The molecule has 6 heteroatoms. The van der Waals surface area contributed by atoms with Gasteiger partial charge in [-0.05, 0) is 35.9 Å². The van der Waals surface area contributed by atoms with E-state index >= 15 is 0 Å². The summed E-state index contributed by atoms with van der Waals surface area (Å²) in [6.07, 6.45) is 0. The average Bonchev–Trinajstić information content (AvgIpc) is 2.69. The summed E-state index contributed by atoms with van der Waals surface area (Å²) in [7, 11) is -2.38. The van der Waals surface area contributed by atoms with E-state index in [1.807, 2.05) is 42.5 Å². The van der Waals surface area contributed by atoms with E-state index in [1.54, 1.807) is 31.4 Å². The van der Waals surface area contributed by atoms with E-state index < -0.39 is 10.1 Å². The highest BCUT2D eigenvalue weighted by atomic mass is 32.2. The Hall–Kier alpha value is -2.83. The van der Waals surface area contributed by atoms with Crippen LogP contribution in [0.3, 0.4) is 0 Å². The highest BCUT2D eigenvalue weighted by Crippen LogP contribution is 2.32. The summed E-state index contributed by atoms with van der Waals surface area (Å²) >= 11 is 0. The van der Waals surface area contributed by atoms with Crippen LogP contribution < -0.4 is 8.92 Å². The lowest BCUT2D eigenvalue weighted by atomic mass is 10.1. The molecule has 0 saturated carbocycles. The molecule has 140 valence electrons. The largest absolute Gasteiger partial charge is 0.491 e. The quantitative estimate of drug-likeness (QED) is 0.431. The number of methoxy groups -OCH3 is 1. The van der Waals surface area contributed by atoms with Crippen molar-refractivity contribution in [1.82, 2.24) is 0 Å². The molecule has 0 heterocycles. The average molecular weight is 384 g/mol. The second-order valence-corrected chi connectivity index (χ2v) is 7.26. The van der Waals surface area contributed by atoms with Crippen molar-refractivity contribution in [1.29, 1.82) is 0 Å². The Morgan fingerprint density at radius 1 is 0.778 bits per heavy atom. The van der Waals surface area contributed by atoms with Crippen molar-refractivity contribution in [3.8, 4) is 22.6 Å². The standard InChI is InChI=1S/C21H20O5S/c1-24-15-16-25-18-11-13-19(14-12-18)27(22,23)26-21-10-6-5-9-20(21)17-7-3-2-4-8-17/h2-14H,15-16H2,1H3. The van der Waals surface area contributed by atoms with Gasteiger partial charge in [-0.15, -0.1) is 0 Å². The minimum Gasteiger partial charge on any atom is -0.491 e. The molecule has 0 N–H and O–H groups in total. The molecule has 5 nitrogen and oxygen atoms in total. The Balaban J connectivity index is 1.81. The highest BCUT2D eigenvalue weighted by Gasteiger charge is 2.19. The smallest absolute Gasteiger partial charge is 0.339 e. The lowest BCUT2D eigenvalue weighted by molar-refractivity contribution is 0.146. The van der Waals surface area contributed by atoms with Crippen molar-refractivity contribution in [3.05, 3.63) is 78.9 Å². The normalized spacial score (nSPS) is 11.1. The first-order chi connectivity index (χ1) is 13.1. The second-order valence-electron chi connectivity index (χ2n) is 5.71. The zero-order chi connectivity index (χ0) is 19.1. The molecular formula is C21H20O5S. The van der Waals surface area contributed by atoms with Crippen LogP contribution in [0.1, 0.15) is 0 Å². The summed E-state index contributed by atoms with van der Waals surface area (Å²) < 4.78 is 41.1. The summed E-state index contributed by atoms with van der Waals surface area (Å²) in [6, 6.07) is 22.6. The van der Waals surface area contributed by atoms with Crippen LogP contribution in [0, 0.1) is 0 Å². The molecule has 0 aliphatic heterocycles. The van der Waals surface area contributed by atoms with E-state index in [0.29, 0.717) is 24.5 Å². The van der Waals surface area contributed by atoms with Crippen molar-refractivity contribution in [2.45, 2.75) is 4.90 Å². The van der Waals surface area contributed by atoms with Gasteiger partial charge in [-0.3, -0.25) is 0 Å². The number of ether oxygens (including phenoxy) is 2. The van der Waals surface area contributed by atoms with Gasteiger partial charge in [0, 0.05) is 12.7 Å². The Bertz CT molecular complexity index is 967. The third-order valence-corrected chi connectivity index (χ3v) is 5.09. The van der Waals surface area contributed by atoms with Crippen molar-refractivity contribution >= 4 is 10.1 Å². The molecule has 0 bridgehead atoms. The monoisotopic (exact) mass is 384 g/mol. The van der Waals surface area contributed by atoms with Crippen molar-refractivity contribution < 1.29 is 22.1 Å². The number of rotatable bonds is 8. The Labute approximate surface area is 159 Å². The van der Waals surface area contributed by atoms with E-state index in [9.17, 15) is 8.42 Å². The van der Waals surface area contributed by atoms with Crippen molar-refractivity contribution in [2.75, 3.05) is 20.3 Å². The van der Waals surface area contributed by atoms with E-state index in [1.165, 1.54) is 12.1 Å². The third-order valence-electron chi connectivity index (χ3n) is 3.84. The number of benzene rings is 3. The molecule has 0 fully saturated rings. The van der Waals surface area contributed by atoms with E-state index in [2.05, 4.69) is 0 Å². The molecular weight excluding hydrogens is 364 g/mol.